The fourth-order valence-corrected chi connectivity index (χ4v) is 2.02. The van der Waals surface area contributed by atoms with Crippen LogP contribution in [0.25, 0.3) is 0 Å². The van der Waals surface area contributed by atoms with Crippen LogP contribution in [0.15, 0.2) is 24.3 Å². The number of rotatable bonds is 3. The van der Waals surface area contributed by atoms with Gasteiger partial charge in [0.05, 0.1) is 6.61 Å². The summed E-state index contributed by atoms with van der Waals surface area (Å²) in [6, 6.07) is 7.69. The second-order valence-electron chi connectivity index (χ2n) is 4.52. The van der Waals surface area contributed by atoms with E-state index in [1.807, 2.05) is 38.1 Å². The molecule has 0 aliphatic carbocycles. The molecule has 2 rings (SSSR count). The Morgan fingerprint density at radius 1 is 1.56 bits per heavy atom. The molecule has 98 valence electrons. The van der Waals surface area contributed by atoms with Crippen molar-refractivity contribution >= 4 is 5.91 Å². The molecule has 1 aromatic rings. The Morgan fingerprint density at radius 3 is 3.11 bits per heavy atom. The van der Waals surface area contributed by atoms with E-state index in [1.54, 1.807) is 4.90 Å². The number of aryl methyl sites for hydroxylation is 1. The Morgan fingerprint density at radius 2 is 2.39 bits per heavy atom. The molecular weight excluding hydrogens is 230 g/mol. The molecule has 0 saturated carbocycles. The summed E-state index contributed by atoms with van der Waals surface area (Å²) in [5, 5.41) is 0. The van der Waals surface area contributed by atoms with Crippen LogP contribution in [-0.2, 0) is 9.53 Å². The largest absolute Gasteiger partial charge is 0.484 e. The van der Waals surface area contributed by atoms with Gasteiger partial charge in [-0.3, -0.25) is 4.79 Å². The highest BCUT2D eigenvalue weighted by atomic mass is 16.5. The van der Waals surface area contributed by atoms with Gasteiger partial charge in [-0.2, -0.15) is 0 Å². The Labute approximate surface area is 107 Å². The van der Waals surface area contributed by atoms with Gasteiger partial charge < -0.3 is 14.4 Å². The van der Waals surface area contributed by atoms with Crippen molar-refractivity contribution in [2.24, 2.45) is 0 Å². The molecule has 0 aromatic heterocycles. The SMILES string of the molecule is Cc1cccc(OCC(=O)N2CCCOC2C)c1. The van der Waals surface area contributed by atoms with Crippen molar-refractivity contribution in [2.75, 3.05) is 19.8 Å². The molecule has 0 N–H and O–H groups in total. The van der Waals surface area contributed by atoms with Gasteiger partial charge in [0.2, 0.25) is 0 Å². The van der Waals surface area contributed by atoms with Crippen LogP contribution in [0.5, 0.6) is 5.75 Å². The van der Waals surface area contributed by atoms with E-state index in [0.717, 1.165) is 30.9 Å². The fraction of sp³-hybridized carbons (Fsp3) is 0.500. The molecule has 4 nitrogen and oxygen atoms in total. The third-order valence-electron chi connectivity index (χ3n) is 3.01. The average molecular weight is 249 g/mol. The number of carbonyl (C=O) groups is 1. The normalized spacial score (nSPS) is 19.7. The summed E-state index contributed by atoms with van der Waals surface area (Å²) >= 11 is 0. The van der Waals surface area contributed by atoms with Gasteiger partial charge in [-0.25, -0.2) is 0 Å². The number of hydrogen-bond acceptors (Lipinski definition) is 3. The Hall–Kier alpha value is -1.55. The second kappa shape index (κ2) is 5.87. The van der Waals surface area contributed by atoms with Crippen molar-refractivity contribution in [1.29, 1.82) is 0 Å². The van der Waals surface area contributed by atoms with Crippen molar-refractivity contribution in [3.8, 4) is 5.75 Å². The van der Waals surface area contributed by atoms with Crippen LogP contribution in [-0.4, -0.2) is 36.8 Å². The van der Waals surface area contributed by atoms with Crippen molar-refractivity contribution in [3.63, 3.8) is 0 Å². The first-order valence-corrected chi connectivity index (χ1v) is 6.27. The summed E-state index contributed by atoms with van der Waals surface area (Å²) < 4.78 is 10.9. The first kappa shape index (κ1) is 12.9. The van der Waals surface area contributed by atoms with E-state index in [1.165, 1.54) is 0 Å². The van der Waals surface area contributed by atoms with Crippen LogP contribution < -0.4 is 4.74 Å². The molecule has 1 amide bonds. The van der Waals surface area contributed by atoms with E-state index in [2.05, 4.69) is 0 Å². The third kappa shape index (κ3) is 3.23. The number of hydrogen-bond donors (Lipinski definition) is 0. The average Bonchev–Trinajstić information content (AvgIpc) is 2.37. The van der Waals surface area contributed by atoms with Gasteiger partial charge in [0.1, 0.15) is 12.0 Å². The van der Waals surface area contributed by atoms with Gasteiger partial charge in [0.15, 0.2) is 6.61 Å². The molecule has 4 heteroatoms. The van der Waals surface area contributed by atoms with Crippen molar-refractivity contribution in [3.05, 3.63) is 29.8 Å². The maximum Gasteiger partial charge on any atom is 0.262 e. The molecule has 1 atom stereocenters. The maximum absolute atomic E-state index is 12.0. The second-order valence-corrected chi connectivity index (χ2v) is 4.52. The zero-order valence-electron chi connectivity index (χ0n) is 10.9. The van der Waals surface area contributed by atoms with Gasteiger partial charge in [-0.1, -0.05) is 12.1 Å². The van der Waals surface area contributed by atoms with Gasteiger partial charge in [-0.05, 0) is 38.0 Å². The lowest BCUT2D eigenvalue weighted by molar-refractivity contribution is -0.154. The topological polar surface area (TPSA) is 38.8 Å². The summed E-state index contributed by atoms with van der Waals surface area (Å²) in [5.74, 6) is 0.706. The van der Waals surface area contributed by atoms with E-state index >= 15 is 0 Å². The lowest BCUT2D eigenvalue weighted by Crippen LogP contribution is -2.46. The minimum Gasteiger partial charge on any atom is -0.484 e. The molecule has 0 bridgehead atoms. The van der Waals surface area contributed by atoms with Gasteiger partial charge in [-0.15, -0.1) is 0 Å². The van der Waals surface area contributed by atoms with Crippen LogP contribution in [0.2, 0.25) is 0 Å². The van der Waals surface area contributed by atoms with E-state index in [0.29, 0.717) is 0 Å². The standard InChI is InChI=1S/C14H19NO3/c1-11-5-3-6-13(9-11)18-10-14(16)15-7-4-8-17-12(15)2/h3,5-6,9,12H,4,7-8,10H2,1-2H3. The highest BCUT2D eigenvalue weighted by molar-refractivity contribution is 5.78. The maximum atomic E-state index is 12.0. The van der Waals surface area contributed by atoms with Crippen molar-refractivity contribution in [2.45, 2.75) is 26.5 Å². The van der Waals surface area contributed by atoms with E-state index < -0.39 is 0 Å². The molecular formula is C14H19NO3. The molecule has 1 unspecified atom stereocenters. The Balaban J connectivity index is 1.88. The number of amides is 1. The minimum absolute atomic E-state index is 0.0243. The summed E-state index contributed by atoms with van der Waals surface area (Å²) in [6.07, 6.45) is 0.743. The van der Waals surface area contributed by atoms with E-state index in [9.17, 15) is 4.79 Å². The van der Waals surface area contributed by atoms with E-state index in [-0.39, 0.29) is 18.7 Å². The summed E-state index contributed by atoms with van der Waals surface area (Å²) in [5.41, 5.74) is 1.12. The molecule has 1 fully saturated rings. The monoisotopic (exact) mass is 249 g/mol. The van der Waals surface area contributed by atoms with Gasteiger partial charge >= 0.3 is 0 Å². The fourth-order valence-electron chi connectivity index (χ4n) is 2.02. The lowest BCUT2D eigenvalue weighted by atomic mass is 10.2. The summed E-state index contributed by atoms with van der Waals surface area (Å²) in [4.78, 5) is 13.7. The zero-order valence-corrected chi connectivity index (χ0v) is 10.9. The zero-order chi connectivity index (χ0) is 13.0. The minimum atomic E-state index is -0.146. The smallest absolute Gasteiger partial charge is 0.262 e. The van der Waals surface area contributed by atoms with Crippen LogP contribution in [0, 0.1) is 6.92 Å². The van der Waals surface area contributed by atoms with Crippen molar-refractivity contribution in [1.82, 2.24) is 4.90 Å². The van der Waals surface area contributed by atoms with Crippen molar-refractivity contribution < 1.29 is 14.3 Å². The summed E-state index contributed by atoms with van der Waals surface area (Å²) in [7, 11) is 0. The first-order chi connectivity index (χ1) is 8.66. The molecule has 0 spiro atoms. The molecule has 1 aliphatic rings. The quantitative estimate of drug-likeness (QED) is 0.822. The predicted molar refractivity (Wildman–Crippen MR) is 68.4 cm³/mol. The first-order valence-electron chi connectivity index (χ1n) is 6.27. The predicted octanol–water partition coefficient (Wildman–Crippen LogP) is 1.97. The lowest BCUT2D eigenvalue weighted by Gasteiger charge is -2.33. The number of nitrogens with zero attached hydrogens (tertiary/aromatic N) is 1. The highest BCUT2D eigenvalue weighted by Crippen LogP contribution is 2.14. The van der Waals surface area contributed by atoms with Crippen LogP contribution in [0.3, 0.4) is 0 Å². The Bertz CT molecular complexity index is 419. The van der Waals surface area contributed by atoms with Crippen LogP contribution in [0.4, 0.5) is 0 Å². The van der Waals surface area contributed by atoms with Crippen LogP contribution in [0.1, 0.15) is 18.9 Å². The number of benzene rings is 1. The van der Waals surface area contributed by atoms with Gasteiger partial charge in [0.25, 0.3) is 5.91 Å². The van der Waals surface area contributed by atoms with Crippen LogP contribution >= 0.6 is 0 Å². The molecule has 1 aliphatic heterocycles. The summed E-state index contributed by atoms with van der Waals surface area (Å²) in [6.45, 7) is 5.43. The molecule has 1 aromatic carbocycles. The number of carbonyl (C=O) groups excluding carboxylic acids is 1. The van der Waals surface area contributed by atoms with E-state index in [4.69, 9.17) is 9.47 Å². The number of ether oxygens (including phenoxy) is 2. The Kier molecular flexibility index (Phi) is 4.20. The van der Waals surface area contributed by atoms with Gasteiger partial charge in [0, 0.05) is 6.54 Å². The molecule has 18 heavy (non-hydrogen) atoms. The highest BCUT2D eigenvalue weighted by Gasteiger charge is 2.23. The molecule has 0 radical (unpaired) electrons. The molecule has 1 saturated heterocycles. The molecule has 1 heterocycles. The third-order valence-corrected chi connectivity index (χ3v) is 3.01.